The number of likely N-dealkylation sites (tertiary alicyclic amines) is 1. The fraction of sp³-hybridized carbons (Fsp3) is 0.552. The molecule has 3 unspecified atom stereocenters. The molecule has 1 saturated heterocycles. The van der Waals surface area contributed by atoms with E-state index >= 15 is 4.39 Å². The number of aryl methyl sites for hydroxylation is 1. The Labute approximate surface area is 224 Å². The van der Waals surface area contributed by atoms with Gasteiger partial charge in [-0.2, -0.15) is 13.2 Å². The molecule has 206 valence electrons. The van der Waals surface area contributed by atoms with E-state index in [1.54, 1.807) is 13.0 Å². The molecule has 2 aromatic rings. The number of rotatable bonds is 6. The standard InChI is InChI=1S/C29H32ClF4NO3/c1-16(27(36)37)24(18-3-4-18)21-7-5-19-9-10-28(38-26(19)25(21)31)11-13-35(14-12-28)17(2)22-15-20(29(32,33)34)6-8-23(22)30/h5-8,15-18,24H,3-4,9-14H2,1-2H3,(H,36,37). The lowest BCUT2D eigenvalue weighted by Crippen LogP contribution is -2.50. The molecule has 4 nitrogen and oxygen atoms in total. The van der Waals surface area contributed by atoms with Crippen molar-refractivity contribution >= 4 is 17.6 Å². The van der Waals surface area contributed by atoms with Crippen molar-refractivity contribution in [2.24, 2.45) is 11.8 Å². The van der Waals surface area contributed by atoms with Crippen molar-refractivity contribution < 1.29 is 32.2 Å². The first-order valence-electron chi connectivity index (χ1n) is 13.2. The number of ether oxygens (including phenoxy) is 1. The summed E-state index contributed by atoms with van der Waals surface area (Å²) >= 11 is 6.29. The molecule has 5 rings (SSSR count). The number of alkyl halides is 3. The van der Waals surface area contributed by atoms with E-state index < -0.39 is 35.0 Å². The predicted molar refractivity (Wildman–Crippen MR) is 136 cm³/mol. The van der Waals surface area contributed by atoms with Crippen LogP contribution < -0.4 is 4.74 Å². The summed E-state index contributed by atoms with van der Waals surface area (Å²) in [5.41, 5.74) is 0.358. The summed E-state index contributed by atoms with van der Waals surface area (Å²) in [6.45, 7) is 4.64. The van der Waals surface area contributed by atoms with Crippen LogP contribution in [0.25, 0.3) is 0 Å². The molecule has 0 bridgehead atoms. The van der Waals surface area contributed by atoms with Gasteiger partial charge in [0.25, 0.3) is 0 Å². The Morgan fingerprint density at radius 1 is 1.11 bits per heavy atom. The van der Waals surface area contributed by atoms with E-state index in [-0.39, 0.29) is 23.6 Å². The van der Waals surface area contributed by atoms with E-state index in [0.717, 1.165) is 37.0 Å². The molecule has 38 heavy (non-hydrogen) atoms. The Morgan fingerprint density at radius 3 is 2.39 bits per heavy atom. The van der Waals surface area contributed by atoms with Gasteiger partial charge in [0.05, 0.1) is 11.5 Å². The average molecular weight is 554 g/mol. The van der Waals surface area contributed by atoms with Gasteiger partial charge in [-0.05, 0) is 86.3 Å². The van der Waals surface area contributed by atoms with Crippen LogP contribution in [0, 0.1) is 17.7 Å². The quantitative estimate of drug-likeness (QED) is 0.374. The number of piperidine rings is 1. The summed E-state index contributed by atoms with van der Waals surface area (Å²) in [5, 5.41) is 9.92. The largest absolute Gasteiger partial charge is 0.484 e. The summed E-state index contributed by atoms with van der Waals surface area (Å²) in [6.07, 6.45) is -0.0602. The molecule has 1 N–H and O–H groups in total. The number of hydrogen-bond acceptors (Lipinski definition) is 3. The first kappa shape index (κ1) is 27.3. The van der Waals surface area contributed by atoms with E-state index in [0.29, 0.717) is 48.5 Å². The molecule has 2 aromatic carbocycles. The van der Waals surface area contributed by atoms with Crippen molar-refractivity contribution in [3.63, 3.8) is 0 Å². The predicted octanol–water partition coefficient (Wildman–Crippen LogP) is 7.63. The van der Waals surface area contributed by atoms with Crippen LogP contribution in [0.3, 0.4) is 0 Å². The van der Waals surface area contributed by atoms with Gasteiger partial charge >= 0.3 is 12.1 Å². The smallest absolute Gasteiger partial charge is 0.416 e. The highest BCUT2D eigenvalue weighted by Crippen LogP contribution is 2.50. The highest BCUT2D eigenvalue weighted by Gasteiger charge is 2.44. The topological polar surface area (TPSA) is 49.8 Å². The lowest BCUT2D eigenvalue weighted by molar-refractivity contribution is -0.142. The number of carboxylic acid groups (broad SMARTS) is 1. The van der Waals surface area contributed by atoms with E-state index in [9.17, 15) is 23.1 Å². The highest BCUT2D eigenvalue weighted by molar-refractivity contribution is 6.31. The number of halogens is 5. The second-order valence-corrected chi connectivity index (χ2v) is 11.6. The molecule has 2 heterocycles. The molecular formula is C29H32ClF4NO3. The molecule has 0 aromatic heterocycles. The molecule has 3 atom stereocenters. The van der Waals surface area contributed by atoms with Crippen LogP contribution in [0.4, 0.5) is 17.6 Å². The molecule has 0 radical (unpaired) electrons. The van der Waals surface area contributed by atoms with Crippen LogP contribution in [0.15, 0.2) is 30.3 Å². The first-order valence-corrected chi connectivity index (χ1v) is 13.6. The summed E-state index contributed by atoms with van der Waals surface area (Å²) in [7, 11) is 0. The zero-order valence-electron chi connectivity index (χ0n) is 21.5. The maximum Gasteiger partial charge on any atom is 0.416 e. The third-order valence-corrected chi connectivity index (χ3v) is 9.17. The number of fused-ring (bicyclic) bond motifs is 1. The van der Waals surface area contributed by atoms with Crippen LogP contribution in [0.1, 0.15) is 80.2 Å². The Bertz CT molecular complexity index is 1220. The van der Waals surface area contributed by atoms with Crippen LogP contribution in [-0.2, 0) is 17.4 Å². The molecule has 1 saturated carbocycles. The first-order chi connectivity index (χ1) is 17.9. The number of carboxylic acids is 1. The number of aliphatic carboxylic acids is 1. The molecule has 3 aliphatic rings. The summed E-state index contributed by atoms with van der Waals surface area (Å²) in [6, 6.07) is 6.70. The lowest BCUT2D eigenvalue weighted by atomic mass is 9.79. The number of nitrogens with zero attached hydrogens (tertiary/aromatic N) is 1. The van der Waals surface area contributed by atoms with Gasteiger partial charge in [-0.25, -0.2) is 4.39 Å². The van der Waals surface area contributed by atoms with Crippen LogP contribution in [-0.4, -0.2) is 34.7 Å². The third kappa shape index (κ3) is 5.14. The van der Waals surface area contributed by atoms with Gasteiger partial charge in [0.15, 0.2) is 11.6 Å². The average Bonchev–Trinajstić information content (AvgIpc) is 3.71. The highest BCUT2D eigenvalue weighted by atomic mass is 35.5. The van der Waals surface area contributed by atoms with Crippen LogP contribution in [0.5, 0.6) is 5.75 Å². The monoisotopic (exact) mass is 553 g/mol. The molecular weight excluding hydrogens is 522 g/mol. The maximum absolute atomic E-state index is 15.9. The molecule has 2 fully saturated rings. The second-order valence-electron chi connectivity index (χ2n) is 11.2. The van der Waals surface area contributed by atoms with Crippen molar-refractivity contribution in [2.75, 3.05) is 13.1 Å². The molecule has 0 amide bonds. The van der Waals surface area contributed by atoms with Gasteiger partial charge in [-0.1, -0.05) is 30.7 Å². The van der Waals surface area contributed by atoms with Crippen LogP contribution in [0.2, 0.25) is 5.02 Å². The van der Waals surface area contributed by atoms with Gasteiger partial charge in [0, 0.05) is 30.1 Å². The van der Waals surface area contributed by atoms with Gasteiger partial charge in [0.1, 0.15) is 5.60 Å². The third-order valence-electron chi connectivity index (χ3n) is 8.82. The minimum absolute atomic E-state index is 0.165. The van der Waals surface area contributed by atoms with E-state index in [2.05, 4.69) is 4.90 Å². The fourth-order valence-corrected chi connectivity index (χ4v) is 6.53. The zero-order chi connectivity index (χ0) is 27.4. The lowest BCUT2D eigenvalue weighted by Gasteiger charge is -2.46. The fourth-order valence-electron chi connectivity index (χ4n) is 6.25. The Kier molecular flexibility index (Phi) is 7.18. The molecule has 1 aliphatic carbocycles. The molecule has 9 heteroatoms. The molecule has 1 spiro atoms. The summed E-state index contributed by atoms with van der Waals surface area (Å²) in [5.74, 6) is -2.06. The number of benzene rings is 2. The van der Waals surface area contributed by atoms with Crippen LogP contribution >= 0.6 is 11.6 Å². The summed E-state index contributed by atoms with van der Waals surface area (Å²) in [4.78, 5) is 13.8. The number of carbonyl (C=O) groups is 1. The van der Waals surface area contributed by atoms with Crippen molar-refractivity contribution in [2.45, 2.75) is 76.1 Å². The zero-order valence-corrected chi connectivity index (χ0v) is 22.2. The Balaban J connectivity index is 1.33. The SMILES string of the molecule is CC(C(=O)O)C(c1ccc2c(c1F)OC1(CC2)CCN(C(C)c2cc(C(F)(F)F)ccc2Cl)CC1)C1CC1. The van der Waals surface area contributed by atoms with Crippen molar-refractivity contribution in [1.82, 2.24) is 4.90 Å². The normalized spacial score (nSPS) is 21.9. The van der Waals surface area contributed by atoms with Gasteiger partial charge in [-0.3, -0.25) is 9.69 Å². The van der Waals surface area contributed by atoms with Crippen molar-refractivity contribution in [3.8, 4) is 5.75 Å². The molecule has 2 aliphatic heterocycles. The summed E-state index contributed by atoms with van der Waals surface area (Å²) < 4.78 is 62.2. The van der Waals surface area contributed by atoms with Crippen molar-refractivity contribution in [3.05, 3.63) is 63.4 Å². The van der Waals surface area contributed by atoms with E-state index in [4.69, 9.17) is 16.3 Å². The second kappa shape index (κ2) is 10.0. The maximum atomic E-state index is 15.9. The minimum Gasteiger partial charge on any atom is -0.484 e. The van der Waals surface area contributed by atoms with Gasteiger partial charge < -0.3 is 9.84 Å². The number of hydrogen-bond donors (Lipinski definition) is 1. The van der Waals surface area contributed by atoms with Crippen molar-refractivity contribution in [1.29, 1.82) is 0 Å². The Hall–Kier alpha value is -2.32. The van der Waals surface area contributed by atoms with Gasteiger partial charge in [0.2, 0.25) is 0 Å². The van der Waals surface area contributed by atoms with E-state index in [1.165, 1.54) is 6.07 Å². The Morgan fingerprint density at radius 2 is 1.79 bits per heavy atom. The van der Waals surface area contributed by atoms with Gasteiger partial charge in [-0.15, -0.1) is 0 Å². The van der Waals surface area contributed by atoms with E-state index in [1.807, 2.05) is 13.0 Å². The minimum atomic E-state index is -4.45.